The highest BCUT2D eigenvalue weighted by Crippen LogP contribution is 2.42. The Morgan fingerprint density at radius 1 is 1.31 bits per heavy atom. The normalized spacial score (nSPS) is 42.2. The summed E-state index contributed by atoms with van der Waals surface area (Å²) >= 11 is 0. The van der Waals surface area contributed by atoms with Crippen molar-refractivity contribution in [2.75, 3.05) is 20.8 Å². The molecule has 1 N–H and O–H groups in total. The Balaban J connectivity index is 2.21. The lowest BCUT2D eigenvalue weighted by atomic mass is 9.71. The number of rotatable bonds is 2. The number of ether oxygens (including phenoxy) is 2. The third kappa shape index (κ3) is 1.30. The van der Waals surface area contributed by atoms with Crippen molar-refractivity contribution < 1.29 is 9.47 Å². The van der Waals surface area contributed by atoms with Crippen molar-refractivity contribution in [1.82, 2.24) is 5.32 Å². The summed E-state index contributed by atoms with van der Waals surface area (Å²) in [6, 6.07) is 0.368. The molecular weight excluding hydrogens is 166 g/mol. The van der Waals surface area contributed by atoms with Crippen LogP contribution in [0.25, 0.3) is 0 Å². The van der Waals surface area contributed by atoms with Crippen LogP contribution in [0, 0.1) is 11.8 Å². The number of hydrogen-bond acceptors (Lipinski definition) is 3. The third-order valence-corrected chi connectivity index (χ3v) is 3.64. The topological polar surface area (TPSA) is 30.5 Å². The van der Waals surface area contributed by atoms with Crippen molar-refractivity contribution in [2.24, 2.45) is 11.8 Å². The zero-order chi connectivity index (χ0) is 9.47. The summed E-state index contributed by atoms with van der Waals surface area (Å²) in [5.41, 5.74) is 0. The molecule has 3 rings (SSSR count). The van der Waals surface area contributed by atoms with Gasteiger partial charge in [0.25, 0.3) is 0 Å². The van der Waals surface area contributed by atoms with Gasteiger partial charge in [-0.1, -0.05) is 6.92 Å². The molecule has 2 saturated heterocycles. The maximum atomic E-state index is 5.55. The Hall–Kier alpha value is -0.120. The van der Waals surface area contributed by atoms with Crippen LogP contribution in [0.2, 0.25) is 0 Å². The van der Waals surface area contributed by atoms with Crippen LogP contribution in [0.3, 0.4) is 0 Å². The standard InChI is InChI=1S/C10H19NO2/c1-7-4-8-5-10(12-2,13-3)9(7)11-6-8/h7-9,11H,4-6H2,1-3H3/t7-,8+,9-/m1/s1. The number of nitrogens with one attached hydrogen (secondary N) is 1. The molecule has 3 fully saturated rings. The van der Waals surface area contributed by atoms with Crippen molar-refractivity contribution in [3.63, 3.8) is 0 Å². The predicted molar refractivity (Wildman–Crippen MR) is 50.4 cm³/mol. The van der Waals surface area contributed by atoms with E-state index < -0.39 is 0 Å². The predicted octanol–water partition coefficient (Wildman–Crippen LogP) is 0.993. The molecule has 0 amide bonds. The summed E-state index contributed by atoms with van der Waals surface area (Å²) in [7, 11) is 3.50. The first-order chi connectivity index (χ1) is 6.22. The minimum atomic E-state index is -0.361. The highest BCUT2D eigenvalue weighted by atomic mass is 16.7. The molecule has 0 aromatic carbocycles. The fourth-order valence-corrected chi connectivity index (χ4v) is 3.02. The Bertz CT molecular complexity index is 191. The second-order valence-corrected chi connectivity index (χ2v) is 4.39. The Morgan fingerprint density at radius 2 is 2.00 bits per heavy atom. The van der Waals surface area contributed by atoms with E-state index in [0.29, 0.717) is 12.0 Å². The molecule has 76 valence electrons. The van der Waals surface area contributed by atoms with E-state index in [4.69, 9.17) is 9.47 Å². The van der Waals surface area contributed by atoms with Crippen LogP contribution >= 0.6 is 0 Å². The highest BCUT2D eigenvalue weighted by Gasteiger charge is 2.51. The lowest BCUT2D eigenvalue weighted by Gasteiger charge is -2.53. The van der Waals surface area contributed by atoms with Gasteiger partial charge in [0.05, 0.1) is 6.04 Å². The summed E-state index contributed by atoms with van der Waals surface area (Å²) in [5, 5.41) is 3.51. The van der Waals surface area contributed by atoms with Crippen LogP contribution < -0.4 is 5.32 Å². The van der Waals surface area contributed by atoms with Crippen LogP contribution in [-0.4, -0.2) is 32.6 Å². The Kier molecular flexibility index (Phi) is 2.34. The number of hydrogen-bond donors (Lipinski definition) is 1. The third-order valence-electron chi connectivity index (χ3n) is 3.64. The average molecular weight is 185 g/mol. The molecular formula is C10H19NO2. The molecule has 1 aliphatic carbocycles. The summed E-state index contributed by atoms with van der Waals surface area (Å²) in [6.45, 7) is 3.40. The zero-order valence-electron chi connectivity index (χ0n) is 8.67. The van der Waals surface area contributed by atoms with Crippen molar-refractivity contribution in [3.05, 3.63) is 0 Å². The summed E-state index contributed by atoms with van der Waals surface area (Å²) < 4.78 is 11.1. The van der Waals surface area contributed by atoms with Crippen LogP contribution in [0.4, 0.5) is 0 Å². The van der Waals surface area contributed by atoms with E-state index in [1.54, 1.807) is 14.2 Å². The lowest BCUT2D eigenvalue weighted by molar-refractivity contribution is -0.267. The van der Waals surface area contributed by atoms with Gasteiger partial charge >= 0.3 is 0 Å². The number of fused-ring (bicyclic) bond motifs is 3. The second kappa shape index (κ2) is 3.23. The quantitative estimate of drug-likeness (QED) is 0.651. The molecule has 0 unspecified atom stereocenters. The van der Waals surface area contributed by atoms with Gasteiger partial charge in [-0.3, -0.25) is 0 Å². The largest absolute Gasteiger partial charge is 0.352 e. The van der Waals surface area contributed by atoms with Gasteiger partial charge in [0.15, 0.2) is 5.79 Å². The summed E-state index contributed by atoms with van der Waals surface area (Å²) in [6.07, 6.45) is 2.36. The molecule has 3 nitrogen and oxygen atoms in total. The molecule has 13 heavy (non-hydrogen) atoms. The molecule has 0 aromatic rings. The van der Waals surface area contributed by atoms with Crippen LogP contribution in [0.1, 0.15) is 19.8 Å². The van der Waals surface area contributed by atoms with E-state index in [1.165, 1.54) is 6.42 Å². The van der Waals surface area contributed by atoms with E-state index in [9.17, 15) is 0 Å². The highest BCUT2D eigenvalue weighted by molar-refractivity contribution is 5.01. The summed E-state index contributed by atoms with van der Waals surface area (Å²) in [4.78, 5) is 0. The molecule has 3 aliphatic rings. The first-order valence-corrected chi connectivity index (χ1v) is 5.05. The van der Waals surface area contributed by atoms with E-state index in [2.05, 4.69) is 12.2 Å². The first-order valence-electron chi connectivity index (χ1n) is 5.05. The van der Waals surface area contributed by atoms with Gasteiger partial charge in [0.2, 0.25) is 0 Å². The van der Waals surface area contributed by atoms with Gasteiger partial charge in [-0.25, -0.2) is 0 Å². The molecule has 2 bridgehead atoms. The van der Waals surface area contributed by atoms with Crippen molar-refractivity contribution in [1.29, 1.82) is 0 Å². The Labute approximate surface area is 79.8 Å². The van der Waals surface area contributed by atoms with Gasteiger partial charge < -0.3 is 14.8 Å². The van der Waals surface area contributed by atoms with Gasteiger partial charge in [-0.2, -0.15) is 0 Å². The smallest absolute Gasteiger partial charge is 0.183 e. The monoisotopic (exact) mass is 185 g/mol. The number of methoxy groups -OCH3 is 2. The number of piperidine rings is 2. The zero-order valence-corrected chi connectivity index (χ0v) is 8.67. The maximum absolute atomic E-state index is 5.55. The van der Waals surface area contributed by atoms with Gasteiger partial charge in [-0.15, -0.1) is 0 Å². The van der Waals surface area contributed by atoms with E-state index in [-0.39, 0.29) is 5.79 Å². The molecule has 1 saturated carbocycles. The molecule has 3 heteroatoms. The summed E-state index contributed by atoms with van der Waals surface area (Å²) in [5.74, 6) is 1.02. The van der Waals surface area contributed by atoms with Gasteiger partial charge in [0, 0.05) is 20.6 Å². The second-order valence-electron chi connectivity index (χ2n) is 4.39. The minimum absolute atomic E-state index is 0.361. The first kappa shape index (κ1) is 9.44. The maximum Gasteiger partial charge on any atom is 0.183 e. The van der Waals surface area contributed by atoms with Crippen LogP contribution in [0.15, 0.2) is 0 Å². The molecule has 3 atom stereocenters. The molecule has 0 aromatic heterocycles. The van der Waals surface area contributed by atoms with Crippen molar-refractivity contribution in [3.8, 4) is 0 Å². The van der Waals surface area contributed by atoms with Crippen molar-refractivity contribution >= 4 is 0 Å². The molecule has 0 radical (unpaired) electrons. The average Bonchev–Trinajstić information content (AvgIpc) is 2.18. The van der Waals surface area contributed by atoms with Gasteiger partial charge in [-0.05, 0) is 24.8 Å². The fourth-order valence-electron chi connectivity index (χ4n) is 3.02. The lowest BCUT2D eigenvalue weighted by Crippen LogP contribution is -2.66. The van der Waals surface area contributed by atoms with Crippen LogP contribution in [-0.2, 0) is 9.47 Å². The fraction of sp³-hybridized carbons (Fsp3) is 1.00. The van der Waals surface area contributed by atoms with E-state index in [0.717, 1.165) is 18.9 Å². The van der Waals surface area contributed by atoms with Gasteiger partial charge in [0.1, 0.15) is 0 Å². The Morgan fingerprint density at radius 3 is 2.38 bits per heavy atom. The molecule has 2 aliphatic heterocycles. The van der Waals surface area contributed by atoms with E-state index >= 15 is 0 Å². The van der Waals surface area contributed by atoms with Crippen LogP contribution in [0.5, 0.6) is 0 Å². The molecule has 0 spiro atoms. The SMILES string of the molecule is COC1(OC)C[C@H]2CN[C@@H]1[C@H](C)C2. The minimum Gasteiger partial charge on any atom is -0.352 e. The van der Waals surface area contributed by atoms with Crippen molar-refractivity contribution in [2.45, 2.75) is 31.6 Å². The van der Waals surface area contributed by atoms with E-state index in [1.807, 2.05) is 0 Å². The molecule has 2 heterocycles.